The average molecular weight is 350 g/mol. The summed E-state index contributed by atoms with van der Waals surface area (Å²) in [7, 11) is 1.61. The Hall–Kier alpha value is -2.06. The van der Waals surface area contributed by atoms with Crippen molar-refractivity contribution in [3.05, 3.63) is 40.5 Å². The first-order chi connectivity index (χ1) is 10.2. The Labute approximate surface area is 129 Å². The molecule has 0 saturated heterocycles. The number of ether oxygens (including phenoxy) is 2. The number of nitrogens with zero attached hydrogens (tertiary/aromatic N) is 5. The lowest BCUT2D eigenvalue weighted by Crippen LogP contribution is -2.02. The van der Waals surface area contributed by atoms with Gasteiger partial charge in [0.15, 0.2) is 5.75 Å². The molecule has 0 aliphatic rings. The SMILES string of the molecule is COCc1cc(Oc2ccc(C)nc2Br)n2ncnc2n1. The van der Waals surface area contributed by atoms with Crippen LogP contribution in [0.2, 0.25) is 0 Å². The zero-order valence-electron chi connectivity index (χ0n) is 11.4. The highest BCUT2D eigenvalue weighted by atomic mass is 79.9. The van der Waals surface area contributed by atoms with E-state index in [1.165, 1.54) is 10.8 Å². The lowest BCUT2D eigenvalue weighted by atomic mass is 10.4. The predicted octanol–water partition coefficient (Wildman–Crippen LogP) is 2.53. The molecule has 0 unspecified atom stereocenters. The monoisotopic (exact) mass is 349 g/mol. The Morgan fingerprint density at radius 3 is 2.90 bits per heavy atom. The molecular weight excluding hydrogens is 338 g/mol. The first kappa shape index (κ1) is 13.9. The lowest BCUT2D eigenvalue weighted by Gasteiger charge is -2.10. The zero-order chi connectivity index (χ0) is 14.8. The minimum Gasteiger partial charge on any atom is -0.436 e. The molecule has 7 nitrogen and oxygen atoms in total. The molecule has 3 aromatic rings. The molecule has 108 valence electrons. The number of pyridine rings is 1. The van der Waals surface area contributed by atoms with Gasteiger partial charge in [0.2, 0.25) is 5.88 Å². The fraction of sp³-hybridized carbons (Fsp3) is 0.231. The van der Waals surface area contributed by atoms with Crippen molar-refractivity contribution in [3.8, 4) is 11.6 Å². The maximum atomic E-state index is 5.88. The van der Waals surface area contributed by atoms with E-state index in [4.69, 9.17) is 9.47 Å². The highest BCUT2D eigenvalue weighted by Gasteiger charge is 2.12. The second kappa shape index (κ2) is 5.74. The van der Waals surface area contributed by atoms with Crippen molar-refractivity contribution in [2.45, 2.75) is 13.5 Å². The average Bonchev–Trinajstić information content (AvgIpc) is 2.91. The summed E-state index contributed by atoms with van der Waals surface area (Å²) in [5.74, 6) is 1.54. The summed E-state index contributed by atoms with van der Waals surface area (Å²) in [5, 5.41) is 4.10. The summed E-state index contributed by atoms with van der Waals surface area (Å²) >= 11 is 3.39. The van der Waals surface area contributed by atoms with Gasteiger partial charge in [-0.1, -0.05) is 0 Å². The van der Waals surface area contributed by atoms with E-state index >= 15 is 0 Å². The van der Waals surface area contributed by atoms with Crippen LogP contribution in [0.15, 0.2) is 29.1 Å². The molecule has 0 spiro atoms. The van der Waals surface area contributed by atoms with Gasteiger partial charge < -0.3 is 9.47 Å². The summed E-state index contributed by atoms with van der Waals surface area (Å²) in [4.78, 5) is 12.7. The van der Waals surface area contributed by atoms with E-state index < -0.39 is 0 Å². The molecule has 0 N–H and O–H groups in total. The summed E-state index contributed by atoms with van der Waals surface area (Å²) in [6.07, 6.45) is 1.42. The van der Waals surface area contributed by atoms with Crippen LogP contribution in [0, 0.1) is 6.92 Å². The molecule has 0 atom stereocenters. The van der Waals surface area contributed by atoms with Gasteiger partial charge in [-0.3, -0.25) is 0 Å². The Kier molecular flexibility index (Phi) is 3.80. The van der Waals surface area contributed by atoms with Gasteiger partial charge in [0, 0.05) is 18.9 Å². The van der Waals surface area contributed by atoms with E-state index in [1.807, 2.05) is 19.1 Å². The van der Waals surface area contributed by atoms with Gasteiger partial charge in [0.05, 0.1) is 12.3 Å². The Balaban J connectivity index is 2.04. The standard InChI is InChI=1S/C13H12BrN5O2/c1-8-3-4-10(12(14)17-8)21-11-5-9(6-20-2)18-13-15-7-16-19(11)13/h3-5,7H,6H2,1-2H3. The van der Waals surface area contributed by atoms with E-state index in [1.54, 1.807) is 13.2 Å². The Morgan fingerprint density at radius 2 is 2.14 bits per heavy atom. The molecule has 0 amide bonds. The Bertz CT molecular complexity index is 789. The fourth-order valence-corrected chi connectivity index (χ4v) is 2.32. The van der Waals surface area contributed by atoms with Crippen LogP contribution in [0.4, 0.5) is 0 Å². The Morgan fingerprint density at radius 1 is 1.29 bits per heavy atom. The summed E-state index contributed by atoms with van der Waals surface area (Å²) < 4.78 is 13.1. The van der Waals surface area contributed by atoms with Crippen molar-refractivity contribution in [1.82, 2.24) is 24.6 Å². The second-order valence-corrected chi connectivity index (χ2v) is 5.09. The van der Waals surface area contributed by atoms with Crippen LogP contribution < -0.4 is 4.74 Å². The number of halogens is 1. The maximum Gasteiger partial charge on any atom is 0.255 e. The van der Waals surface area contributed by atoms with E-state index in [9.17, 15) is 0 Å². The molecule has 0 aliphatic carbocycles. The van der Waals surface area contributed by atoms with Crippen molar-refractivity contribution in [1.29, 1.82) is 0 Å². The van der Waals surface area contributed by atoms with Gasteiger partial charge >= 0.3 is 0 Å². The van der Waals surface area contributed by atoms with Crippen LogP contribution in [0.5, 0.6) is 11.6 Å². The third-order valence-corrected chi connectivity index (χ3v) is 3.30. The van der Waals surface area contributed by atoms with Gasteiger partial charge in [-0.05, 0) is 35.0 Å². The van der Waals surface area contributed by atoms with Crippen molar-refractivity contribution >= 4 is 21.7 Å². The molecule has 0 fully saturated rings. The topological polar surface area (TPSA) is 74.4 Å². The van der Waals surface area contributed by atoms with E-state index in [0.29, 0.717) is 34.3 Å². The molecule has 21 heavy (non-hydrogen) atoms. The first-order valence-corrected chi connectivity index (χ1v) is 6.96. The maximum absolute atomic E-state index is 5.88. The van der Waals surface area contributed by atoms with Crippen molar-refractivity contribution in [2.75, 3.05) is 7.11 Å². The molecule has 0 saturated carbocycles. The number of aryl methyl sites for hydroxylation is 1. The number of fused-ring (bicyclic) bond motifs is 1. The van der Waals surface area contributed by atoms with Crippen LogP contribution >= 0.6 is 15.9 Å². The lowest BCUT2D eigenvalue weighted by molar-refractivity contribution is 0.181. The van der Waals surface area contributed by atoms with Crippen LogP contribution in [-0.2, 0) is 11.3 Å². The molecular formula is C13H12BrN5O2. The van der Waals surface area contributed by atoms with Crippen molar-refractivity contribution < 1.29 is 9.47 Å². The van der Waals surface area contributed by atoms with Crippen molar-refractivity contribution in [3.63, 3.8) is 0 Å². The van der Waals surface area contributed by atoms with Crippen LogP contribution in [0.25, 0.3) is 5.78 Å². The van der Waals surface area contributed by atoms with Gasteiger partial charge in [0.1, 0.15) is 10.9 Å². The molecule has 0 bridgehead atoms. The molecule has 3 heterocycles. The summed E-state index contributed by atoms with van der Waals surface area (Å²) in [5.41, 5.74) is 1.61. The van der Waals surface area contributed by atoms with Gasteiger partial charge in [-0.25, -0.2) is 9.97 Å². The molecule has 0 aliphatic heterocycles. The smallest absolute Gasteiger partial charge is 0.255 e. The van der Waals surface area contributed by atoms with Crippen LogP contribution in [-0.4, -0.2) is 31.7 Å². The van der Waals surface area contributed by atoms with Crippen molar-refractivity contribution in [2.24, 2.45) is 0 Å². The first-order valence-electron chi connectivity index (χ1n) is 6.17. The third kappa shape index (κ3) is 2.86. The number of rotatable bonds is 4. The predicted molar refractivity (Wildman–Crippen MR) is 78.2 cm³/mol. The summed E-state index contributed by atoms with van der Waals surface area (Å²) in [6, 6.07) is 5.47. The molecule has 0 radical (unpaired) electrons. The molecule has 3 rings (SSSR count). The van der Waals surface area contributed by atoms with Gasteiger partial charge in [-0.2, -0.15) is 14.6 Å². The second-order valence-electron chi connectivity index (χ2n) is 4.33. The van der Waals surface area contributed by atoms with E-state index in [2.05, 4.69) is 36.0 Å². The fourth-order valence-electron chi connectivity index (χ4n) is 1.83. The minimum atomic E-state index is 0.368. The highest BCUT2D eigenvalue weighted by molar-refractivity contribution is 9.10. The minimum absolute atomic E-state index is 0.368. The summed E-state index contributed by atoms with van der Waals surface area (Å²) in [6.45, 7) is 2.28. The van der Waals surface area contributed by atoms with E-state index in [0.717, 1.165) is 5.69 Å². The normalized spacial score (nSPS) is 11.0. The number of hydrogen-bond donors (Lipinski definition) is 0. The number of aromatic nitrogens is 5. The largest absolute Gasteiger partial charge is 0.436 e. The zero-order valence-corrected chi connectivity index (χ0v) is 13.0. The van der Waals surface area contributed by atoms with Gasteiger partial charge in [0.25, 0.3) is 5.78 Å². The highest BCUT2D eigenvalue weighted by Crippen LogP contribution is 2.28. The molecule has 3 aromatic heterocycles. The molecule has 8 heteroatoms. The molecule has 0 aromatic carbocycles. The number of methoxy groups -OCH3 is 1. The van der Waals surface area contributed by atoms with E-state index in [-0.39, 0.29) is 0 Å². The van der Waals surface area contributed by atoms with Crippen LogP contribution in [0.1, 0.15) is 11.4 Å². The quantitative estimate of drug-likeness (QED) is 0.673. The van der Waals surface area contributed by atoms with Gasteiger partial charge in [-0.15, -0.1) is 0 Å². The van der Waals surface area contributed by atoms with Crippen LogP contribution in [0.3, 0.4) is 0 Å². The third-order valence-electron chi connectivity index (χ3n) is 2.73. The number of hydrogen-bond acceptors (Lipinski definition) is 6.